The lowest BCUT2D eigenvalue weighted by atomic mass is 10.1. The molecule has 15 heavy (non-hydrogen) atoms. The van der Waals surface area contributed by atoms with Crippen molar-refractivity contribution in [3.63, 3.8) is 0 Å². The first kappa shape index (κ1) is 11.9. The van der Waals surface area contributed by atoms with Crippen molar-refractivity contribution >= 4 is 0 Å². The number of pyridine rings is 1. The predicted molar refractivity (Wildman–Crippen MR) is 60.0 cm³/mol. The zero-order valence-electron chi connectivity index (χ0n) is 9.42. The van der Waals surface area contributed by atoms with Crippen LogP contribution < -0.4 is 5.32 Å². The van der Waals surface area contributed by atoms with E-state index in [-0.39, 0.29) is 11.9 Å². The molecular weight excluding hydrogens is 191 g/mol. The van der Waals surface area contributed by atoms with Crippen LogP contribution in [-0.2, 0) is 0 Å². The van der Waals surface area contributed by atoms with Crippen LogP contribution in [0.25, 0.3) is 0 Å². The molecule has 0 aliphatic heterocycles. The Morgan fingerprint density at radius 1 is 1.53 bits per heavy atom. The second-order valence-corrected chi connectivity index (χ2v) is 3.85. The zero-order chi connectivity index (χ0) is 11.3. The molecule has 0 saturated heterocycles. The smallest absolute Gasteiger partial charge is 0.141 e. The number of nitrogens with zero attached hydrogens (tertiary/aromatic N) is 1. The van der Waals surface area contributed by atoms with E-state index in [1.54, 1.807) is 6.20 Å². The van der Waals surface area contributed by atoms with Crippen molar-refractivity contribution in [2.24, 2.45) is 0 Å². The van der Waals surface area contributed by atoms with E-state index in [2.05, 4.69) is 30.2 Å². The average Bonchev–Trinajstić information content (AvgIpc) is 2.17. The molecule has 0 aliphatic rings. The standard InChI is InChI=1S/C12H17FN2/c1-9(2)4-5-15-10(3)11-6-12(13)8-14-7-11/h4,6-8,10,15H,5H2,1-3H3. The van der Waals surface area contributed by atoms with Gasteiger partial charge in [0.05, 0.1) is 6.20 Å². The third kappa shape index (κ3) is 4.21. The number of nitrogens with one attached hydrogen (secondary N) is 1. The van der Waals surface area contributed by atoms with Crippen LogP contribution in [-0.4, -0.2) is 11.5 Å². The Kier molecular flexibility index (Phi) is 4.43. The minimum atomic E-state index is -0.289. The van der Waals surface area contributed by atoms with Crippen LogP contribution in [0.5, 0.6) is 0 Å². The Balaban J connectivity index is 2.54. The topological polar surface area (TPSA) is 24.9 Å². The molecule has 1 unspecified atom stereocenters. The first-order valence-electron chi connectivity index (χ1n) is 5.07. The number of hydrogen-bond acceptors (Lipinski definition) is 2. The molecule has 0 bridgehead atoms. The second-order valence-electron chi connectivity index (χ2n) is 3.85. The molecule has 0 saturated carbocycles. The Bertz CT molecular complexity index is 343. The maximum absolute atomic E-state index is 12.9. The molecule has 1 rings (SSSR count). The highest BCUT2D eigenvalue weighted by molar-refractivity contribution is 5.14. The van der Waals surface area contributed by atoms with Crippen LogP contribution >= 0.6 is 0 Å². The normalized spacial score (nSPS) is 12.3. The molecule has 1 atom stereocenters. The van der Waals surface area contributed by atoms with Crippen molar-refractivity contribution < 1.29 is 4.39 Å². The summed E-state index contributed by atoms with van der Waals surface area (Å²) in [5, 5.41) is 3.27. The first-order valence-corrected chi connectivity index (χ1v) is 5.07. The fourth-order valence-electron chi connectivity index (χ4n) is 1.22. The molecule has 0 spiro atoms. The van der Waals surface area contributed by atoms with E-state index in [1.165, 1.54) is 17.8 Å². The molecule has 0 amide bonds. The van der Waals surface area contributed by atoms with Gasteiger partial charge in [0.2, 0.25) is 0 Å². The second kappa shape index (κ2) is 5.61. The molecule has 1 N–H and O–H groups in total. The van der Waals surface area contributed by atoms with Crippen molar-refractivity contribution in [1.82, 2.24) is 10.3 Å². The highest BCUT2D eigenvalue weighted by Crippen LogP contribution is 2.11. The number of halogens is 1. The van der Waals surface area contributed by atoms with Crippen molar-refractivity contribution in [3.8, 4) is 0 Å². The minimum absolute atomic E-state index is 0.115. The monoisotopic (exact) mass is 208 g/mol. The van der Waals surface area contributed by atoms with Gasteiger partial charge in [-0.3, -0.25) is 4.98 Å². The summed E-state index contributed by atoms with van der Waals surface area (Å²) in [7, 11) is 0. The SMILES string of the molecule is CC(C)=CCNC(C)c1cncc(F)c1. The third-order valence-electron chi connectivity index (χ3n) is 2.16. The molecule has 0 aliphatic carbocycles. The van der Waals surface area contributed by atoms with E-state index < -0.39 is 0 Å². The van der Waals surface area contributed by atoms with Gasteiger partial charge in [0.1, 0.15) is 5.82 Å². The summed E-state index contributed by atoms with van der Waals surface area (Å²) in [6.45, 7) is 6.89. The lowest BCUT2D eigenvalue weighted by Gasteiger charge is -2.12. The average molecular weight is 208 g/mol. The highest BCUT2D eigenvalue weighted by Gasteiger charge is 2.04. The van der Waals surface area contributed by atoms with Crippen molar-refractivity contribution in [1.29, 1.82) is 0 Å². The van der Waals surface area contributed by atoms with E-state index in [4.69, 9.17) is 0 Å². The van der Waals surface area contributed by atoms with E-state index >= 15 is 0 Å². The summed E-state index contributed by atoms with van der Waals surface area (Å²) in [5.41, 5.74) is 2.14. The number of hydrogen-bond donors (Lipinski definition) is 1. The van der Waals surface area contributed by atoms with E-state index in [0.717, 1.165) is 12.1 Å². The Morgan fingerprint density at radius 3 is 2.87 bits per heavy atom. The van der Waals surface area contributed by atoms with Gasteiger partial charge in [0.15, 0.2) is 0 Å². The molecule has 1 aromatic heterocycles. The van der Waals surface area contributed by atoms with Crippen LogP contribution in [0.3, 0.4) is 0 Å². The molecule has 1 heterocycles. The number of aromatic nitrogens is 1. The summed E-state index contributed by atoms with van der Waals surface area (Å²) in [6, 6.07) is 1.62. The van der Waals surface area contributed by atoms with E-state index in [1.807, 2.05) is 6.92 Å². The minimum Gasteiger partial charge on any atom is -0.307 e. The van der Waals surface area contributed by atoms with Gasteiger partial charge in [-0.1, -0.05) is 11.6 Å². The molecule has 2 nitrogen and oxygen atoms in total. The van der Waals surface area contributed by atoms with Gasteiger partial charge in [0, 0.05) is 18.8 Å². The molecule has 3 heteroatoms. The van der Waals surface area contributed by atoms with Gasteiger partial charge >= 0.3 is 0 Å². The van der Waals surface area contributed by atoms with Crippen LogP contribution in [0, 0.1) is 5.82 Å². The van der Waals surface area contributed by atoms with Gasteiger partial charge in [-0.2, -0.15) is 0 Å². The number of allylic oxidation sites excluding steroid dienone is 1. The summed E-state index contributed by atoms with van der Waals surface area (Å²) in [4.78, 5) is 3.82. The van der Waals surface area contributed by atoms with Crippen LogP contribution in [0.15, 0.2) is 30.1 Å². The summed E-state index contributed by atoms with van der Waals surface area (Å²) < 4.78 is 12.9. The van der Waals surface area contributed by atoms with Crippen molar-refractivity contribution in [3.05, 3.63) is 41.5 Å². The highest BCUT2D eigenvalue weighted by atomic mass is 19.1. The van der Waals surface area contributed by atoms with Gasteiger partial charge in [-0.05, 0) is 32.4 Å². The van der Waals surface area contributed by atoms with Gasteiger partial charge in [-0.15, -0.1) is 0 Å². The fraction of sp³-hybridized carbons (Fsp3) is 0.417. The van der Waals surface area contributed by atoms with Crippen LogP contribution in [0.4, 0.5) is 4.39 Å². The molecule has 1 aromatic rings. The largest absolute Gasteiger partial charge is 0.307 e. The van der Waals surface area contributed by atoms with E-state index in [0.29, 0.717) is 0 Å². The molecule has 0 radical (unpaired) electrons. The maximum Gasteiger partial charge on any atom is 0.141 e. The molecular formula is C12H17FN2. The van der Waals surface area contributed by atoms with Gasteiger partial charge in [0.25, 0.3) is 0 Å². The van der Waals surface area contributed by atoms with Crippen molar-refractivity contribution in [2.75, 3.05) is 6.54 Å². The Hall–Kier alpha value is -1.22. The third-order valence-corrected chi connectivity index (χ3v) is 2.16. The number of rotatable bonds is 4. The van der Waals surface area contributed by atoms with Crippen molar-refractivity contribution in [2.45, 2.75) is 26.8 Å². The molecule has 82 valence electrons. The lowest BCUT2D eigenvalue weighted by Crippen LogP contribution is -2.18. The summed E-state index contributed by atoms with van der Waals surface area (Å²) in [5.74, 6) is -0.289. The first-order chi connectivity index (χ1) is 7.09. The maximum atomic E-state index is 12.9. The Labute approximate surface area is 90.2 Å². The predicted octanol–water partition coefficient (Wildman–Crippen LogP) is 2.84. The van der Waals surface area contributed by atoms with Gasteiger partial charge < -0.3 is 5.32 Å². The fourth-order valence-corrected chi connectivity index (χ4v) is 1.22. The molecule has 0 aromatic carbocycles. The molecule has 0 fully saturated rings. The quantitative estimate of drug-likeness (QED) is 0.770. The van der Waals surface area contributed by atoms with E-state index in [9.17, 15) is 4.39 Å². The van der Waals surface area contributed by atoms with Gasteiger partial charge in [-0.25, -0.2) is 4.39 Å². The van der Waals surface area contributed by atoms with Crippen LogP contribution in [0.2, 0.25) is 0 Å². The lowest BCUT2D eigenvalue weighted by molar-refractivity contribution is 0.587. The Morgan fingerprint density at radius 2 is 2.27 bits per heavy atom. The zero-order valence-corrected chi connectivity index (χ0v) is 9.42. The van der Waals surface area contributed by atoms with Crippen LogP contribution in [0.1, 0.15) is 32.4 Å². The summed E-state index contributed by atoms with van der Waals surface area (Å²) in [6.07, 6.45) is 5.00. The summed E-state index contributed by atoms with van der Waals surface area (Å²) >= 11 is 0.